The van der Waals surface area contributed by atoms with Crippen molar-refractivity contribution in [3.8, 4) is 11.5 Å². The SMILES string of the molecule is COc1ccc(OC)c(Sc2nc3c([nH]2)c(=N)ncn3CC(c2ccc(Cl)cc2)C(C)C)c1. The third-order valence-electron chi connectivity index (χ3n) is 5.57. The normalized spacial score (nSPS) is 12.3. The zero-order valence-electron chi connectivity index (χ0n) is 18.9. The van der Waals surface area contributed by atoms with Gasteiger partial charge in [0.2, 0.25) is 0 Å². The molecule has 1 unspecified atom stereocenters. The summed E-state index contributed by atoms with van der Waals surface area (Å²) in [7, 11) is 3.26. The molecule has 172 valence electrons. The summed E-state index contributed by atoms with van der Waals surface area (Å²) < 4.78 is 12.9. The number of aromatic nitrogens is 4. The quantitative estimate of drug-likeness (QED) is 0.345. The summed E-state index contributed by atoms with van der Waals surface area (Å²) in [4.78, 5) is 13.2. The van der Waals surface area contributed by atoms with Crippen LogP contribution in [0.3, 0.4) is 0 Å². The van der Waals surface area contributed by atoms with Crippen molar-refractivity contribution in [3.63, 3.8) is 0 Å². The zero-order valence-corrected chi connectivity index (χ0v) is 20.5. The molecule has 0 aliphatic heterocycles. The molecule has 0 amide bonds. The Morgan fingerprint density at radius 1 is 1.12 bits per heavy atom. The van der Waals surface area contributed by atoms with Crippen molar-refractivity contribution in [3.05, 3.63) is 64.9 Å². The van der Waals surface area contributed by atoms with E-state index in [0.29, 0.717) is 28.8 Å². The number of imidazole rings is 1. The molecule has 2 N–H and O–H groups in total. The van der Waals surface area contributed by atoms with Crippen LogP contribution in [-0.4, -0.2) is 33.7 Å². The molecule has 0 aliphatic rings. The first kappa shape index (κ1) is 23.2. The van der Waals surface area contributed by atoms with Crippen LogP contribution in [0.4, 0.5) is 0 Å². The molecule has 0 aliphatic carbocycles. The number of ether oxygens (including phenoxy) is 2. The van der Waals surface area contributed by atoms with Gasteiger partial charge in [-0.25, -0.2) is 9.97 Å². The van der Waals surface area contributed by atoms with Crippen LogP contribution in [0.15, 0.2) is 58.8 Å². The van der Waals surface area contributed by atoms with Gasteiger partial charge in [0.25, 0.3) is 0 Å². The molecule has 0 saturated carbocycles. The Kier molecular flexibility index (Phi) is 6.95. The molecule has 4 aromatic rings. The molecule has 2 aromatic carbocycles. The van der Waals surface area contributed by atoms with Gasteiger partial charge in [0.1, 0.15) is 17.0 Å². The lowest BCUT2D eigenvalue weighted by Gasteiger charge is -2.23. The predicted molar refractivity (Wildman–Crippen MR) is 130 cm³/mol. The van der Waals surface area contributed by atoms with Crippen LogP contribution in [0.1, 0.15) is 25.3 Å². The van der Waals surface area contributed by atoms with Gasteiger partial charge in [0, 0.05) is 17.5 Å². The van der Waals surface area contributed by atoms with Crippen LogP contribution in [-0.2, 0) is 6.54 Å². The largest absolute Gasteiger partial charge is 0.497 e. The molecular weight excluding hydrogens is 458 g/mol. The third kappa shape index (κ3) is 5.02. The van der Waals surface area contributed by atoms with E-state index in [1.807, 2.05) is 34.9 Å². The Morgan fingerprint density at radius 2 is 1.88 bits per heavy atom. The van der Waals surface area contributed by atoms with Crippen molar-refractivity contribution >= 4 is 34.5 Å². The molecule has 2 heterocycles. The van der Waals surface area contributed by atoms with Crippen LogP contribution >= 0.6 is 23.4 Å². The number of nitrogens with zero attached hydrogens (tertiary/aromatic N) is 3. The van der Waals surface area contributed by atoms with Gasteiger partial charge in [-0.2, -0.15) is 0 Å². The molecule has 9 heteroatoms. The second-order valence-electron chi connectivity index (χ2n) is 8.01. The molecule has 0 saturated heterocycles. The van der Waals surface area contributed by atoms with E-state index in [-0.39, 0.29) is 11.4 Å². The Bertz CT molecular complexity index is 1320. The number of fused-ring (bicyclic) bond motifs is 1. The van der Waals surface area contributed by atoms with E-state index in [0.717, 1.165) is 21.4 Å². The highest BCUT2D eigenvalue weighted by molar-refractivity contribution is 7.99. The van der Waals surface area contributed by atoms with Gasteiger partial charge in [-0.3, -0.25) is 5.41 Å². The standard InChI is InChI=1S/C24H26ClN5O2S/c1-14(2)18(15-5-7-16(25)8-6-15)12-30-13-27-22(26)21-23(30)29-24(28-21)33-20-11-17(31-3)9-10-19(20)32-4/h5-11,13-14,18,26H,12H2,1-4H3,(H,28,29). The zero-order chi connectivity index (χ0) is 23.5. The molecule has 0 spiro atoms. The van der Waals surface area contributed by atoms with Gasteiger partial charge in [-0.15, -0.1) is 0 Å². The Balaban J connectivity index is 1.71. The van der Waals surface area contributed by atoms with E-state index in [1.165, 1.54) is 17.3 Å². The number of rotatable bonds is 8. The summed E-state index contributed by atoms with van der Waals surface area (Å²) in [5.41, 5.74) is 2.65. The lowest BCUT2D eigenvalue weighted by molar-refractivity contribution is 0.394. The minimum atomic E-state index is 0.158. The van der Waals surface area contributed by atoms with E-state index in [9.17, 15) is 0 Å². The van der Waals surface area contributed by atoms with Gasteiger partial charge in [-0.1, -0.05) is 37.6 Å². The minimum absolute atomic E-state index is 0.158. The number of nitrogens with one attached hydrogen (secondary N) is 2. The highest BCUT2D eigenvalue weighted by Gasteiger charge is 2.19. The maximum atomic E-state index is 8.29. The highest BCUT2D eigenvalue weighted by atomic mass is 35.5. The van der Waals surface area contributed by atoms with Gasteiger partial charge in [0.15, 0.2) is 16.3 Å². The van der Waals surface area contributed by atoms with Crippen molar-refractivity contribution in [2.45, 2.75) is 36.4 Å². The lowest BCUT2D eigenvalue weighted by Crippen LogP contribution is -2.19. The summed E-state index contributed by atoms with van der Waals surface area (Å²) in [6.45, 7) is 5.08. The van der Waals surface area contributed by atoms with Crippen molar-refractivity contribution in [2.75, 3.05) is 14.2 Å². The number of aromatic amines is 1. The molecule has 0 fully saturated rings. The van der Waals surface area contributed by atoms with Crippen LogP contribution < -0.4 is 15.0 Å². The van der Waals surface area contributed by atoms with Crippen LogP contribution in [0.2, 0.25) is 5.02 Å². The van der Waals surface area contributed by atoms with E-state index in [2.05, 4.69) is 35.9 Å². The average Bonchev–Trinajstić information content (AvgIpc) is 3.24. The molecule has 0 bridgehead atoms. The summed E-state index contributed by atoms with van der Waals surface area (Å²) in [6, 6.07) is 13.6. The number of hydrogen-bond donors (Lipinski definition) is 2. The monoisotopic (exact) mass is 483 g/mol. The fraction of sp³-hybridized carbons (Fsp3) is 0.292. The van der Waals surface area contributed by atoms with E-state index < -0.39 is 0 Å². The van der Waals surface area contributed by atoms with Crippen molar-refractivity contribution in [2.24, 2.45) is 5.92 Å². The topological polar surface area (TPSA) is 88.8 Å². The third-order valence-corrected chi connectivity index (χ3v) is 6.75. The second kappa shape index (κ2) is 9.89. The Labute approximate surface area is 201 Å². The molecule has 4 rings (SSSR count). The molecule has 7 nitrogen and oxygen atoms in total. The van der Waals surface area contributed by atoms with Crippen molar-refractivity contribution < 1.29 is 9.47 Å². The number of H-pyrrole nitrogens is 1. The summed E-state index contributed by atoms with van der Waals surface area (Å²) in [5, 5.41) is 9.66. The number of benzene rings is 2. The van der Waals surface area contributed by atoms with Gasteiger partial charge < -0.3 is 19.0 Å². The van der Waals surface area contributed by atoms with Gasteiger partial charge >= 0.3 is 0 Å². The molecule has 33 heavy (non-hydrogen) atoms. The summed E-state index contributed by atoms with van der Waals surface area (Å²) in [5.74, 6) is 2.08. The predicted octanol–water partition coefficient (Wildman–Crippen LogP) is 5.50. The Morgan fingerprint density at radius 3 is 2.55 bits per heavy atom. The number of halogens is 1. The highest BCUT2D eigenvalue weighted by Crippen LogP contribution is 2.37. The fourth-order valence-electron chi connectivity index (χ4n) is 3.74. The maximum absolute atomic E-state index is 8.29. The maximum Gasteiger partial charge on any atom is 0.173 e. The van der Waals surface area contributed by atoms with E-state index >= 15 is 0 Å². The van der Waals surface area contributed by atoms with Crippen LogP contribution in [0.25, 0.3) is 11.2 Å². The number of hydrogen-bond acceptors (Lipinski definition) is 6. The lowest BCUT2D eigenvalue weighted by atomic mass is 9.88. The van der Waals surface area contributed by atoms with Crippen molar-refractivity contribution in [1.82, 2.24) is 19.5 Å². The smallest absolute Gasteiger partial charge is 0.173 e. The summed E-state index contributed by atoms with van der Waals surface area (Å²) in [6.07, 6.45) is 1.69. The fourth-order valence-corrected chi connectivity index (χ4v) is 4.78. The van der Waals surface area contributed by atoms with E-state index in [1.54, 1.807) is 20.5 Å². The first-order valence-corrected chi connectivity index (χ1v) is 11.7. The second-order valence-corrected chi connectivity index (χ2v) is 9.47. The average molecular weight is 484 g/mol. The molecular formula is C24H26ClN5O2S. The van der Waals surface area contributed by atoms with Crippen LogP contribution in [0.5, 0.6) is 11.5 Å². The number of methoxy groups -OCH3 is 2. The first-order chi connectivity index (χ1) is 15.9. The Hall–Kier alpha value is -2.97. The van der Waals surface area contributed by atoms with Gasteiger partial charge in [0.05, 0.1) is 25.4 Å². The van der Waals surface area contributed by atoms with Crippen molar-refractivity contribution in [1.29, 1.82) is 5.41 Å². The first-order valence-electron chi connectivity index (χ1n) is 10.5. The van der Waals surface area contributed by atoms with Crippen LogP contribution in [0, 0.1) is 11.3 Å². The minimum Gasteiger partial charge on any atom is -0.497 e. The molecule has 1 atom stereocenters. The molecule has 0 radical (unpaired) electrons. The molecule has 2 aromatic heterocycles. The van der Waals surface area contributed by atoms with E-state index in [4.69, 9.17) is 31.5 Å². The summed E-state index contributed by atoms with van der Waals surface area (Å²) >= 11 is 7.52. The van der Waals surface area contributed by atoms with Gasteiger partial charge in [-0.05, 0) is 53.6 Å².